The van der Waals surface area contributed by atoms with Crippen LogP contribution >= 0.6 is 0 Å². The molecule has 1 aromatic rings. The number of amides is 1. The molecule has 2 heterocycles. The third-order valence-electron chi connectivity index (χ3n) is 3.71. The summed E-state index contributed by atoms with van der Waals surface area (Å²) in [5.74, 6) is 0.326. The van der Waals surface area contributed by atoms with Crippen molar-refractivity contribution in [2.24, 2.45) is 0 Å². The van der Waals surface area contributed by atoms with Crippen LogP contribution in [0.1, 0.15) is 54.3 Å². The summed E-state index contributed by atoms with van der Waals surface area (Å²) in [7, 11) is 0. The number of aryl methyl sites for hydroxylation is 1. The summed E-state index contributed by atoms with van der Waals surface area (Å²) >= 11 is 0. The smallest absolute Gasteiger partial charge is 0.349 e. The molecule has 110 valence electrons. The van der Waals surface area contributed by atoms with Gasteiger partial charge in [0, 0.05) is 5.92 Å². The zero-order valence-corrected chi connectivity index (χ0v) is 12.1. The van der Waals surface area contributed by atoms with Gasteiger partial charge in [0.25, 0.3) is 5.91 Å². The van der Waals surface area contributed by atoms with Crippen LogP contribution < -0.4 is 5.63 Å². The Bertz CT molecular complexity index is 561. The molecule has 0 aromatic carbocycles. The summed E-state index contributed by atoms with van der Waals surface area (Å²) in [6.45, 7) is 5.90. The average Bonchev–Trinajstić information content (AvgIpc) is 2.34. The van der Waals surface area contributed by atoms with Crippen LogP contribution in [-0.4, -0.2) is 30.1 Å². The van der Waals surface area contributed by atoms with E-state index in [1.807, 2.05) is 6.92 Å². The molecule has 0 N–H and O–H groups in total. The molecule has 1 saturated heterocycles. The van der Waals surface area contributed by atoms with Gasteiger partial charge in [0.05, 0.1) is 13.1 Å². The third kappa shape index (κ3) is 2.76. The Hall–Kier alpha value is -1.65. The molecule has 1 aromatic heterocycles. The van der Waals surface area contributed by atoms with Gasteiger partial charge in [0.15, 0.2) is 0 Å². The molecule has 0 aliphatic carbocycles. The highest BCUT2D eigenvalue weighted by atomic mass is 19.1. The molecule has 0 radical (unpaired) electrons. The van der Waals surface area contributed by atoms with E-state index in [-0.39, 0.29) is 24.6 Å². The molecule has 5 heteroatoms. The predicted octanol–water partition coefficient (Wildman–Crippen LogP) is 2.65. The molecule has 2 rings (SSSR count). The van der Waals surface area contributed by atoms with Crippen LogP contribution in [0.5, 0.6) is 0 Å². The van der Waals surface area contributed by atoms with Crippen molar-refractivity contribution in [3.05, 3.63) is 33.4 Å². The standard InChI is InChI=1S/C15H20FNO3/c1-4-5-9(2)12-6-10(3)13(15(19)20-12)14(18)17-7-11(16)8-17/h6,9,11H,4-5,7-8H2,1-3H3. The number of likely N-dealkylation sites (tertiary alicyclic amines) is 1. The maximum Gasteiger partial charge on any atom is 0.349 e. The Kier molecular flexibility index (Phi) is 4.26. The minimum Gasteiger partial charge on any atom is -0.427 e. The fourth-order valence-electron chi connectivity index (χ4n) is 2.46. The van der Waals surface area contributed by atoms with Crippen molar-refractivity contribution in [2.75, 3.05) is 13.1 Å². The minimum atomic E-state index is -0.977. The number of nitrogens with zero attached hydrogens (tertiary/aromatic N) is 1. The van der Waals surface area contributed by atoms with E-state index >= 15 is 0 Å². The second-order valence-electron chi connectivity index (χ2n) is 5.49. The topological polar surface area (TPSA) is 50.5 Å². The highest BCUT2D eigenvalue weighted by molar-refractivity contribution is 5.95. The summed E-state index contributed by atoms with van der Waals surface area (Å²) in [4.78, 5) is 25.5. The SMILES string of the molecule is CCCC(C)c1cc(C)c(C(=O)N2CC(F)C2)c(=O)o1. The molecular weight excluding hydrogens is 261 g/mol. The Morgan fingerprint density at radius 2 is 2.20 bits per heavy atom. The predicted molar refractivity (Wildman–Crippen MR) is 73.8 cm³/mol. The van der Waals surface area contributed by atoms with Gasteiger partial charge in [-0.05, 0) is 25.0 Å². The summed E-state index contributed by atoms with van der Waals surface area (Å²) in [5.41, 5.74) is 0.0196. The number of hydrogen-bond donors (Lipinski definition) is 0. The first kappa shape index (κ1) is 14.8. The summed E-state index contributed by atoms with van der Waals surface area (Å²) < 4.78 is 18.1. The molecule has 1 aliphatic rings. The number of rotatable bonds is 4. The molecule has 1 atom stereocenters. The van der Waals surface area contributed by atoms with Gasteiger partial charge in [0.2, 0.25) is 0 Å². The van der Waals surface area contributed by atoms with Gasteiger partial charge >= 0.3 is 5.63 Å². The number of carbonyl (C=O) groups is 1. The summed E-state index contributed by atoms with van der Waals surface area (Å²) in [5, 5.41) is 0. The van der Waals surface area contributed by atoms with E-state index in [0.717, 1.165) is 12.8 Å². The van der Waals surface area contributed by atoms with Crippen LogP contribution in [0.25, 0.3) is 0 Å². The van der Waals surface area contributed by atoms with Gasteiger partial charge < -0.3 is 9.32 Å². The number of halogens is 1. The Morgan fingerprint density at radius 1 is 1.55 bits per heavy atom. The fraction of sp³-hybridized carbons (Fsp3) is 0.600. The van der Waals surface area contributed by atoms with Crippen molar-refractivity contribution in [3.63, 3.8) is 0 Å². The Balaban J connectivity index is 2.27. The van der Waals surface area contributed by atoms with Crippen LogP contribution in [0.15, 0.2) is 15.3 Å². The van der Waals surface area contributed by atoms with Crippen LogP contribution in [0.2, 0.25) is 0 Å². The fourth-order valence-corrected chi connectivity index (χ4v) is 2.46. The lowest BCUT2D eigenvalue weighted by atomic mass is 10.00. The molecule has 1 unspecified atom stereocenters. The maximum atomic E-state index is 12.8. The number of hydrogen-bond acceptors (Lipinski definition) is 3. The van der Waals surface area contributed by atoms with E-state index in [1.165, 1.54) is 4.90 Å². The molecule has 0 saturated carbocycles. The Morgan fingerprint density at radius 3 is 2.70 bits per heavy atom. The first-order chi connectivity index (χ1) is 9.43. The van der Waals surface area contributed by atoms with E-state index in [0.29, 0.717) is 11.3 Å². The van der Waals surface area contributed by atoms with Gasteiger partial charge in [-0.25, -0.2) is 9.18 Å². The monoisotopic (exact) mass is 281 g/mol. The molecule has 4 nitrogen and oxygen atoms in total. The van der Waals surface area contributed by atoms with Crippen molar-refractivity contribution in [1.29, 1.82) is 0 Å². The van der Waals surface area contributed by atoms with Crippen LogP contribution in [0.3, 0.4) is 0 Å². The second kappa shape index (κ2) is 5.77. The van der Waals surface area contributed by atoms with Gasteiger partial charge in [-0.2, -0.15) is 0 Å². The lowest BCUT2D eigenvalue weighted by molar-refractivity contribution is 0.0394. The first-order valence-corrected chi connectivity index (χ1v) is 7.02. The molecule has 0 spiro atoms. The summed E-state index contributed by atoms with van der Waals surface area (Å²) in [6.07, 6.45) is 0.942. The number of alkyl halides is 1. The normalized spacial score (nSPS) is 16.9. The van der Waals surface area contributed by atoms with E-state index in [2.05, 4.69) is 6.92 Å². The minimum absolute atomic E-state index is 0.0318. The molecule has 1 aliphatic heterocycles. The zero-order chi connectivity index (χ0) is 14.9. The molecule has 0 bridgehead atoms. The largest absolute Gasteiger partial charge is 0.427 e. The highest BCUT2D eigenvalue weighted by Gasteiger charge is 2.33. The number of carbonyl (C=O) groups excluding carboxylic acids is 1. The Labute approximate surface area is 117 Å². The first-order valence-electron chi connectivity index (χ1n) is 7.02. The van der Waals surface area contributed by atoms with Crippen molar-refractivity contribution in [2.45, 2.75) is 45.7 Å². The van der Waals surface area contributed by atoms with Crippen LogP contribution in [-0.2, 0) is 0 Å². The quantitative estimate of drug-likeness (QED) is 0.852. The van der Waals surface area contributed by atoms with Crippen molar-refractivity contribution in [1.82, 2.24) is 4.90 Å². The van der Waals surface area contributed by atoms with E-state index in [4.69, 9.17) is 4.42 Å². The van der Waals surface area contributed by atoms with Crippen molar-refractivity contribution < 1.29 is 13.6 Å². The molecular formula is C15H20FNO3. The van der Waals surface area contributed by atoms with Gasteiger partial charge in [-0.15, -0.1) is 0 Å². The van der Waals surface area contributed by atoms with Gasteiger partial charge in [0.1, 0.15) is 17.5 Å². The van der Waals surface area contributed by atoms with Crippen molar-refractivity contribution in [3.8, 4) is 0 Å². The zero-order valence-electron chi connectivity index (χ0n) is 12.1. The molecule has 20 heavy (non-hydrogen) atoms. The van der Waals surface area contributed by atoms with Gasteiger partial charge in [-0.1, -0.05) is 20.3 Å². The van der Waals surface area contributed by atoms with Crippen molar-refractivity contribution >= 4 is 5.91 Å². The highest BCUT2D eigenvalue weighted by Crippen LogP contribution is 2.22. The van der Waals surface area contributed by atoms with E-state index in [9.17, 15) is 14.0 Å². The van der Waals surface area contributed by atoms with Crippen LogP contribution in [0.4, 0.5) is 4.39 Å². The van der Waals surface area contributed by atoms with E-state index < -0.39 is 17.7 Å². The maximum absolute atomic E-state index is 12.8. The summed E-state index contributed by atoms with van der Waals surface area (Å²) in [6, 6.07) is 1.75. The average molecular weight is 281 g/mol. The lowest BCUT2D eigenvalue weighted by Gasteiger charge is -2.34. The second-order valence-corrected chi connectivity index (χ2v) is 5.49. The molecule has 1 fully saturated rings. The van der Waals surface area contributed by atoms with E-state index in [1.54, 1.807) is 13.0 Å². The molecule has 1 amide bonds. The van der Waals surface area contributed by atoms with Crippen LogP contribution in [0, 0.1) is 6.92 Å². The van der Waals surface area contributed by atoms with Gasteiger partial charge in [-0.3, -0.25) is 4.79 Å². The lowest BCUT2D eigenvalue weighted by Crippen LogP contribution is -2.52. The third-order valence-corrected chi connectivity index (χ3v) is 3.71.